The van der Waals surface area contributed by atoms with E-state index in [2.05, 4.69) is 14.8 Å². The summed E-state index contributed by atoms with van der Waals surface area (Å²) in [5.74, 6) is 0.952. The summed E-state index contributed by atoms with van der Waals surface area (Å²) in [6.45, 7) is 7.78. The van der Waals surface area contributed by atoms with Crippen molar-refractivity contribution in [3.63, 3.8) is 0 Å². The first-order valence-electron chi connectivity index (χ1n) is 9.65. The molecule has 1 aromatic rings. The number of anilines is 1. The van der Waals surface area contributed by atoms with E-state index in [1.165, 1.54) is 19.3 Å². The summed E-state index contributed by atoms with van der Waals surface area (Å²) in [6, 6.07) is 4.06. The van der Waals surface area contributed by atoms with Gasteiger partial charge in [-0.25, -0.2) is 9.78 Å². The number of piperazine rings is 1. The molecule has 1 aromatic heterocycles. The Kier molecular flexibility index (Phi) is 4.65. The summed E-state index contributed by atoms with van der Waals surface area (Å²) in [6.07, 6.45) is 5.16. The average molecular weight is 360 g/mol. The zero-order valence-electron chi connectivity index (χ0n) is 15.4. The van der Waals surface area contributed by atoms with Crippen molar-refractivity contribution in [3.05, 3.63) is 18.3 Å². The highest BCUT2D eigenvalue weighted by molar-refractivity contribution is 5.69. The lowest BCUT2D eigenvalue weighted by Crippen LogP contribution is -2.58. The summed E-state index contributed by atoms with van der Waals surface area (Å²) in [4.78, 5) is 22.7. The minimum atomic E-state index is -0.162. The maximum atomic E-state index is 11.8. The Labute approximate surface area is 154 Å². The van der Waals surface area contributed by atoms with Gasteiger partial charge in [0.15, 0.2) is 11.6 Å². The average Bonchev–Trinajstić information content (AvgIpc) is 3.07. The van der Waals surface area contributed by atoms with Crippen molar-refractivity contribution < 1.29 is 14.6 Å². The predicted molar refractivity (Wildman–Crippen MR) is 98.4 cm³/mol. The van der Waals surface area contributed by atoms with E-state index in [-0.39, 0.29) is 11.8 Å². The summed E-state index contributed by atoms with van der Waals surface area (Å²) < 4.78 is 5.10. The molecule has 7 nitrogen and oxygen atoms in total. The number of nitrogens with zero attached hydrogens (tertiary/aromatic N) is 4. The van der Waals surface area contributed by atoms with Gasteiger partial charge in [-0.1, -0.05) is 0 Å². The van der Waals surface area contributed by atoms with Crippen LogP contribution in [0.25, 0.3) is 0 Å². The van der Waals surface area contributed by atoms with Crippen LogP contribution < -0.4 is 4.90 Å². The highest BCUT2D eigenvalue weighted by Crippen LogP contribution is 2.47. The molecule has 1 amide bonds. The van der Waals surface area contributed by atoms with Crippen LogP contribution in [-0.2, 0) is 4.74 Å². The second-order valence-corrected chi connectivity index (χ2v) is 7.82. The van der Waals surface area contributed by atoms with Gasteiger partial charge >= 0.3 is 6.09 Å². The summed E-state index contributed by atoms with van der Waals surface area (Å²) in [5.41, 5.74) is 0.313. The van der Waals surface area contributed by atoms with Gasteiger partial charge in [-0.2, -0.15) is 0 Å². The SMILES string of the molecule is CCOC(=O)N1CC2(CCC(N3CCN(c4ncccc4O)CC3)C2)C1. The fourth-order valence-corrected chi connectivity index (χ4v) is 4.81. The smallest absolute Gasteiger partial charge is 0.409 e. The molecular formula is C19H28N4O3. The van der Waals surface area contributed by atoms with E-state index in [4.69, 9.17) is 4.74 Å². The third-order valence-electron chi connectivity index (χ3n) is 6.15. The van der Waals surface area contributed by atoms with Crippen molar-refractivity contribution >= 4 is 11.9 Å². The molecule has 2 aliphatic heterocycles. The highest BCUT2D eigenvalue weighted by atomic mass is 16.6. The van der Waals surface area contributed by atoms with E-state index < -0.39 is 0 Å². The highest BCUT2D eigenvalue weighted by Gasteiger charge is 2.51. The first-order chi connectivity index (χ1) is 12.6. The standard InChI is InChI=1S/C19H28N4O3/c1-2-26-18(25)23-13-19(14-23)6-5-15(12-19)21-8-10-22(11-9-21)17-16(24)4-3-7-20-17/h3-4,7,15,24H,2,5-6,8-14H2,1H3. The number of carbonyl (C=O) groups is 1. The zero-order chi connectivity index (χ0) is 18.1. The van der Waals surface area contributed by atoms with Gasteiger partial charge < -0.3 is 19.6 Å². The fraction of sp³-hybridized carbons (Fsp3) is 0.684. The maximum Gasteiger partial charge on any atom is 0.409 e. The number of rotatable bonds is 3. The molecule has 3 heterocycles. The van der Waals surface area contributed by atoms with Crippen LogP contribution in [0.15, 0.2) is 18.3 Å². The molecule has 1 aliphatic carbocycles. The van der Waals surface area contributed by atoms with Crippen molar-refractivity contribution in [1.82, 2.24) is 14.8 Å². The molecule has 0 bridgehead atoms. The largest absolute Gasteiger partial charge is 0.504 e. The molecule has 3 aliphatic rings. The maximum absolute atomic E-state index is 11.8. The van der Waals surface area contributed by atoms with Crippen molar-refractivity contribution in [1.29, 1.82) is 0 Å². The van der Waals surface area contributed by atoms with Crippen molar-refractivity contribution in [2.75, 3.05) is 50.8 Å². The number of pyridine rings is 1. The molecule has 26 heavy (non-hydrogen) atoms. The Morgan fingerprint density at radius 2 is 2.12 bits per heavy atom. The fourth-order valence-electron chi connectivity index (χ4n) is 4.81. The van der Waals surface area contributed by atoms with Gasteiger partial charge in [-0.15, -0.1) is 0 Å². The number of amides is 1. The molecule has 142 valence electrons. The number of carbonyl (C=O) groups excluding carboxylic acids is 1. The van der Waals surface area contributed by atoms with Gasteiger partial charge in [0.25, 0.3) is 0 Å². The normalized spacial score (nSPS) is 25.3. The Bertz CT molecular complexity index is 654. The second kappa shape index (κ2) is 6.95. The lowest BCUT2D eigenvalue weighted by Gasteiger charge is -2.48. The van der Waals surface area contributed by atoms with Crippen LogP contribution in [0.1, 0.15) is 26.2 Å². The van der Waals surface area contributed by atoms with Crippen LogP contribution in [0.3, 0.4) is 0 Å². The van der Waals surface area contributed by atoms with Crippen LogP contribution in [0.4, 0.5) is 10.6 Å². The Morgan fingerprint density at radius 3 is 2.81 bits per heavy atom. The van der Waals surface area contributed by atoms with E-state index in [1.807, 2.05) is 11.8 Å². The molecule has 4 rings (SSSR count). The van der Waals surface area contributed by atoms with Gasteiger partial charge in [-0.3, -0.25) is 4.90 Å². The summed E-state index contributed by atoms with van der Waals surface area (Å²) in [5, 5.41) is 10.00. The number of hydrogen-bond donors (Lipinski definition) is 1. The van der Waals surface area contributed by atoms with Crippen LogP contribution in [-0.4, -0.2) is 77.9 Å². The molecule has 2 saturated heterocycles. The molecule has 1 N–H and O–H groups in total. The van der Waals surface area contributed by atoms with E-state index in [0.717, 1.165) is 39.3 Å². The van der Waals surface area contributed by atoms with Crippen LogP contribution in [0.5, 0.6) is 5.75 Å². The third-order valence-corrected chi connectivity index (χ3v) is 6.15. The van der Waals surface area contributed by atoms with Crippen LogP contribution >= 0.6 is 0 Å². The van der Waals surface area contributed by atoms with E-state index in [9.17, 15) is 9.90 Å². The minimum Gasteiger partial charge on any atom is -0.504 e. The first-order valence-corrected chi connectivity index (χ1v) is 9.65. The second-order valence-electron chi connectivity index (χ2n) is 7.82. The summed E-state index contributed by atoms with van der Waals surface area (Å²) in [7, 11) is 0. The van der Waals surface area contributed by atoms with Gasteiger partial charge in [0.1, 0.15) is 0 Å². The van der Waals surface area contributed by atoms with E-state index in [1.54, 1.807) is 18.3 Å². The first kappa shape index (κ1) is 17.4. The van der Waals surface area contributed by atoms with Crippen molar-refractivity contribution in [2.24, 2.45) is 5.41 Å². The van der Waals surface area contributed by atoms with Gasteiger partial charge in [0, 0.05) is 56.9 Å². The van der Waals surface area contributed by atoms with Crippen molar-refractivity contribution in [2.45, 2.75) is 32.2 Å². The van der Waals surface area contributed by atoms with Gasteiger partial charge in [0.2, 0.25) is 0 Å². The lowest BCUT2D eigenvalue weighted by molar-refractivity contribution is -0.00294. The molecular weight excluding hydrogens is 332 g/mol. The molecule has 3 fully saturated rings. The number of aromatic nitrogens is 1. The van der Waals surface area contributed by atoms with E-state index >= 15 is 0 Å². The molecule has 1 unspecified atom stereocenters. The topological polar surface area (TPSA) is 69.1 Å². The lowest BCUT2D eigenvalue weighted by atomic mass is 9.78. The molecule has 0 radical (unpaired) electrons. The molecule has 7 heteroatoms. The molecule has 1 atom stereocenters. The zero-order valence-corrected chi connectivity index (χ0v) is 15.4. The Balaban J connectivity index is 1.28. The number of likely N-dealkylation sites (tertiary alicyclic amines) is 1. The molecule has 1 saturated carbocycles. The Hall–Kier alpha value is -2.02. The van der Waals surface area contributed by atoms with Crippen LogP contribution in [0, 0.1) is 5.41 Å². The monoisotopic (exact) mass is 360 g/mol. The number of hydrogen-bond acceptors (Lipinski definition) is 6. The van der Waals surface area contributed by atoms with E-state index in [0.29, 0.717) is 23.9 Å². The van der Waals surface area contributed by atoms with Gasteiger partial charge in [-0.05, 0) is 38.3 Å². The minimum absolute atomic E-state index is 0.162. The Morgan fingerprint density at radius 1 is 1.35 bits per heavy atom. The quantitative estimate of drug-likeness (QED) is 0.888. The van der Waals surface area contributed by atoms with Crippen LogP contribution in [0.2, 0.25) is 0 Å². The molecule has 1 spiro atoms. The molecule has 0 aromatic carbocycles. The van der Waals surface area contributed by atoms with Gasteiger partial charge in [0.05, 0.1) is 6.61 Å². The number of ether oxygens (including phenoxy) is 1. The summed E-state index contributed by atoms with van der Waals surface area (Å²) >= 11 is 0. The predicted octanol–water partition coefficient (Wildman–Crippen LogP) is 1.92. The van der Waals surface area contributed by atoms with Crippen molar-refractivity contribution in [3.8, 4) is 5.75 Å². The third kappa shape index (κ3) is 3.20. The number of aromatic hydroxyl groups is 1.